The van der Waals surface area contributed by atoms with Crippen molar-refractivity contribution in [3.8, 4) is 5.75 Å². The predicted octanol–water partition coefficient (Wildman–Crippen LogP) is 2.60. The van der Waals surface area contributed by atoms with Crippen LogP contribution < -0.4 is 10.3 Å². The highest BCUT2D eigenvalue weighted by molar-refractivity contribution is 5.95. The number of likely N-dealkylation sites (tertiary alicyclic amines) is 1. The topological polar surface area (TPSA) is 137 Å². The summed E-state index contributed by atoms with van der Waals surface area (Å²) in [5.41, 5.74) is 3.06. The quantitative estimate of drug-likeness (QED) is 0.385. The first-order valence-corrected chi connectivity index (χ1v) is 14.2. The Balaban J connectivity index is 1.13. The number of aromatic nitrogens is 6. The highest BCUT2D eigenvalue weighted by Gasteiger charge is 2.45. The van der Waals surface area contributed by atoms with Gasteiger partial charge >= 0.3 is 0 Å². The number of piperidine rings is 1. The summed E-state index contributed by atoms with van der Waals surface area (Å²) < 4.78 is 19.2. The Kier molecular flexibility index (Phi) is 6.79. The number of H-pyrrole nitrogens is 1. The largest absolute Gasteiger partial charge is 0.485 e. The average Bonchev–Trinajstić information content (AvgIpc) is 3.46. The molecule has 1 spiro atoms. The third kappa shape index (κ3) is 4.66. The van der Waals surface area contributed by atoms with Gasteiger partial charge in [0.2, 0.25) is 0 Å². The summed E-state index contributed by atoms with van der Waals surface area (Å²) in [6, 6.07) is 9.75. The fourth-order valence-corrected chi connectivity index (χ4v) is 6.03. The number of nitrogens with zero attached hydrogens (tertiary/aromatic N) is 6. The maximum atomic E-state index is 13.9. The molecular weight excluding hydrogens is 538 g/mol. The number of ether oxygens (including phenoxy) is 3. The lowest BCUT2D eigenvalue weighted by atomic mass is 9.81. The van der Waals surface area contributed by atoms with Gasteiger partial charge in [-0.15, -0.1) is 0 Å². The van der Waals surface area contributed by atoms with Crippen molar-refractivity contribution in [2.45, 2.75) is 44.8 Å². The molecule has 216 valence electrons. The molecule has 3 aromatic heterocycles. The van der Waals surface area contributed by atoms with E-state index in [1.54, 1.807) is 11.8 Å². The molecule has 1 fully saturated rings. The van der Waals surface area contributed by atoms with Gasteiger partial charge in [-0.25, -0.2) is 15.0 Å². The Labute approximate surface area is 241 Å². The minimum atomic E-state index is -0.826. The molecule has 0 radical (unpaired) electrons. The second kappa shape index (κ2) is 10.8. The number of aromatic amines is 1. The van der Waals surface area contributed by atoms with E-state index in [4.69, 9.17) is 19.2 Å². The van der Waals surface area contributed by atoms with Crippen molar-refractivity contribution >= 4 is 17.3 Å². The molecule has 12 heteroatoms. The summed E-state index contributed by atoms with van der Waals surface area (Å²) in [6.07, 6.45) is 5.53. The normalized spacial score (nSPS) is 18.1. The molecule has 42 heavy (non-hydrogen) atoms. The highest BCUT2D eigenvalue weighted by atomic mass is 16.5. The van der Waals surface area contributed by atoms with Gasteiger partial charge < -0.3 is 19.1 Å². The maximum Gasteiger partial charge on any atom is 0.280 e. The van der Waals surface area contributed by atoms with Crippen LogP contribution in [0.2, 0.25) is 0 Å². The number of hydrogen-bond donors (Lipinski definition) is 1. The van der Waals surface area contributed by atoms with Crippen molar-refractivity contribution in [1.82, 2.24) is 34.4 Å². The van der Waals surface area contributed by atoms with Crippen molar-refractivity contribution in [1.29, 1.82) is 0 Å². The summed E-state index contributed by atoms with van der Waals surface area (Å²) in [4.78, 5) is 47.3. The molecule has 4 aromatic rings. The van der Waals surface area contributed by atoms with Crippen LogP contribution in [-0.2, 0) is 28.1 Å². The number of rotatable bonds is 5. The zero-order valence-electron chi connectivity index (χ0n) is 23.3. The molecule has 0 aliphatic carbocycles. The molecule has 12 nitrogen and oxygen atoms in total. The minimum absolute atomic E-state index is 0.205. The van der Waals surface area contributed by atoms with E-state index in [1.807, 2.05) is 36.4 Å². The van der Waals surface area contributed by atoms with Crippen molar-refractivity contribution in [3.63, 3.8) is 0 Å². The lowest BCUT2D eigenvalue weighted by Crippen LogP contribution is -2.51. The van der Waals surface area contributed by atoms with Crippen molar-refractivity contribution < 1.29 is 19.0 Å². The van der Waals surface area contributed by atoms with E-state index in [9.17, 15) is 9.59 Å². The van der Waals surface area contributed by atoms with Gasteiger partial charge in [-0.05, 0) is 37.3 Å². The number of nitrogens with one attached hydrogen (secondary N) is 1. The third-order valence-corrected chi connectivity index (χ3v) is 8.28. The molecule has 1 saturated heterocycles. The van der Waals surface area contributed by atoms with Crippen LogP contribution in [0.4, 0.5) is 0 Å². The molecule has 1 amide bonds. The molecule has 3 aliphatic heterocycles. The van der Waals surface area contributed by atoms with Gasteiger partial charge in [0.05, 0.1) is 36.8 Å². The zero-order valence-corrected chi connectivity index (χ0v) is 23.3. The summed E-state index contributed by atoms with van der Waals surface area (Å²) in [7, 11) is 0. The Hall–Kier alpha value is -4.42. The molecule has 7 rings (SSSR count). The van der Waals surface area contributed by atoms with Crippen LogP contribution in [0, 0.1) is 6.92 Å². The summed E-state index contributed by atoms with van der Waals surface area (Å²) >= 11 is 0. The molecule has 6 heterocycles. The van der Waals surface area contributed by atoms with Gasteiger partial charge in [-0.1, -0.05) is 36.4 Å². The van der Waals surface area contributed by atoms with Gasteiger partial charge in [0.25, 0.3) is 17.2 Å². The van der Waals surface area contributed by atoms with Crippen molar-refractivity contribution in [2.24, 2.45) is 0 Å². The first kappa shape index (κ1) is 26.5. The van der Waals surface area contributed by atoms with E-state index in [0.29, 0.717) is 93.1 Å². The van der Waals surface area contributed by atoms with Gasteiger partial charge in [0.15, 0.2) is 17.3 Å². The predicted molar refractivity (Wildman–Crippen MR) is 151 cm³/mol. The number of fused-ring (bicyclic) bond motifs is 3. The van der Waals surface area contributed by atoms with Crippen LogP contribution in [0.25, 0.3) is 11.4 Å². The second-order valence-corrected chi connectivity index (χ2v) is 10.8. The van der Waals surface area contributed by atoms with E-state index in [0.717, 1.165) is 17.6 Å². The Morgan fingerprint density at radius 3 is 2.71 bits per heavy atom. The minimum Gasteiger partial charge on any atom is -0.485 e. The lowest BCUT2D eigenvalue weighted by molar-refractivity contribution is -0.0954. The molecule has 0 bridgehead atoms. The Morgan fingerprint density at radius 1 is 1.10 bits per heavy atom. The highest BCUT2D eigenvalue weighted by Crippen LogP contribution is 2.40. The zero-order chi connectivity index (χ0) is 28.7. The first-order valence-electron chi connectivity index (χ1n) is 14.2. The smallest absolute Gasteiger partial charge is 0.280 e. The van der Waals surface area contributed by atoms with E-state index in [2.05, 4.69) is 20.1 Å². The van der Waals surface area contributed by atoms with Crippen molar-refractivity contribution in [3.05, 3.63) is 87.1 Å². The molecule has 0 atom stereocenters. The number of hydrogen-bond acceptors (Lipinski definition) is 9. The number of benzene rings is 1. The van der Waals surface area contributed by atoms with Crippen LogP contribution in [0.5, 0.6) is 5.75 Å². The van der Waals surface area contributed by atoms with Crippen LogP contribution >= 0.6 is 0 Å². The number of carbonyl (C=O) groups is 1. The molecule has 0 saturated carbocycles. The molecule has 3 aliphatic rings. The monoisotopic (exact) mass is 569 g/mol. The lowest BCUT2D eigenvalue weighted by Gasteiger charge is -2.43. The van der Waals surface area contributed by atoms with Crippen LogP contribution in [-0.4, -0.2) is 73.3 Å². The number of aryl methyl sites for hydroxylation is 1. The second-order valence-electron chi connectivity index (χ2n) is 10.8. The fraction of sp³-hybridized carbons (Fsp3) is 0.400. The van der Waals surface area contributed by atoms with E-state index >= 15 is 0 Å². The third-order valence-electron chi connectivity index (χ3n) is 8.28. The average molecular weight is 570 g/mol. The fourth-order valence-electron chi connectivity index (χ4n) is 6.03. The van der Waals surface area contributed by atoms with Gasteiger partial charge in [0.1, 0.15) is 18.5 Å². The first-order chi connectivity index (χ1) is 20.5. The van der Waals surface area contributed by atoms with E-state index < -0.39 is 5.60 Å². The van der Waals surface area contributed by atoms with Crippen LogP contribution in [0.15, 0.2) is 47.5 Å². The molecule has 0 unspecified atom stereocenters. The summed E-state index contributed by atoms with van der Waals surface area (Å²) in [5, 5.41) is 3.15. The van der Waals surface area contributed by atoms with Crippen molar-refractivity contribution in [2.75, 3.05) is 32.9 Å². The standard InChI is InChI=1S/C30H31N7O5/c1-19-25(41-17-20-5-3-2-4-6-20)24(32-18-31-19)28(39)36-12-10-30(11-13-36)23-22(9-16-42-30)33-29-34-26(35-37(29)27(23)38)21-7-14-40-15-8-21/h2-7,18H,8-17H2,1H3,(H,33,34,35). The molecule has 1 aromatic carbocycles. The number of amides is 1. The SMILES string of the molecule is Cc1ncnc(C(=O)N2CCC3(CC2)OCCc2nc4nc(C5=CCOCC5)[nH]n4c(=O)c23)c1OCc1ccccc1. The van der Waals surface area contributed by atoms with Gasteiger partial charge in [0, 0.05) is 19.5 Å². The van der Waals surface area contributed by atoms with Gasteiger partial charge in [-0.2, -0.15) is 9.50 Å². The van der Waals surface area contributed by atoms with Gasteiger partial charge in [-0.3, -0.25) is 14.7 Å². The van der Waals surface area contributed by atoms with Crippen LogP contribution in [0.1, 0.15) is 58.1 Å². The number of carbonyl (C=O) groups excluding carboxylic acids is 1. The van der Waals surface area contributed by atoms with Crippen LogP contribution in [0.3, 0.4) is 0 Å². The summed E-state index contributed by atoms with van der Waals surface area (Å²) in [5.74, 6) is 1.13. The molecular formula is C30H31N7O5. The van der Waals surface area contributed by atoms with E-state index in [1.165, 1.54) is 10.8 Å². The Morgan fingerprint density at radius 2 is 1.93 bits per heavy atom. The Bertz CT molecular complexity index is 1740. The molecule has 1 N–H and O–H groups in total. The van der Waals surface area contributed by atoms with E-state index in [-0.39, 0.29) is 17.2 Å². The summed E-state index contributed by atoms with van der Waals surface area (Å²) in [6.45, 7) is 4.47. The maximum absolute atomic E-state index is 13.9.